The number of aromatic carboxylic acids is 1. The highest BCUT2D eigenvalue weighted by molar-refractivity contribution is 5.94. The zero-order chi connectivity index (χ0) is 18.7. The highest BCUT2D eigenvalue weighted by Crippen LogP contribution is 2.30. The van der Waals surface area contributed by atoms with Gasteiger partial charge in [-0.3, -0.25) is 9.59 Å². The van der Waals surface area contributed by atoms with E-state index in [1.54, 1.807) is 12.1 Å². The van der Waals surface area contributed by atoms with Crippen LogP contribution in [0.1, 0.15) is 52.3 Å². The van der Waals surface area contributed by atoms with Crippen LogP contribution in [0.2, 0.25) is 0 Å². The molecule has 1 aromatic heterocycles. The summed E-state index contributed by atoms with van der Waals surface area (Å²) in [5, 5.41) is 14.4. The van der Waals surface area contributed by atoms with Crippen LogP contribution in [0.25, 0.3) is 0 Å². The third-order valence-electron chi connectivity index (χ3n) is 4.08. The molecule has 26 heavy (non-hydrogen) atoms. The number of hydrogen-bond acceptors (Lipinski definition) is 5. The van der Waals surface area contributed by atoms with Crippen LogP contribution in [0, 0.1) is 5.92 Å². The Morgan fingerprint density at radius 3 is 2.23 bits per heavy atom. The molecule has 134 valence electrons. The summed E-state index contributed by atoms with van der Waals surface area (Å²) in [6.45, 7) is 1.81. The summed E-state index contributed by atoms with van der Waals surface area (Å²) >= 11 is 0. The fraction of sp³-hybridized carbons (Fsp3) is 0.278. The molecule has 2 amide bonds. The number of carbonyl (C=O) groups is 3. The van der Waals surface area contributed by atoms with Crippen LogP contribution in [-0.4, -0.2) is 32.9 Å². The van der Waals surface area contributed by atoms with Crippen LogP contribution in [0.15, 0.2) is 36.7 Å². The molecule has 3 N–H and O–H groups in total. The molecule has 1 aliphatic carbocycles. The lowest BCUT2D eigenvalue weighted by Gasteiger charge is -2.14. The molecule has 1 aliphatic rings. The van der Waals surface area contributed by atoms with Crippen molar-refractivity contribution in [2.45, 2.75) is 25.8 Å². The molecule has 1 fully saturated rings. The van der Waals surface area contributed by atoms with Gasteiger partial charge in [-0.1, -0.05) is 12.1 Å². The Hall–Kier alpha value is -3.29. The van der Waals surface area contributed by atoms with E-state index in [0.717, 1.165) is 36.5 Å². The molecule has 8 heteroatoms. The number of carbonyl (C=O) groups excluding carboxylic acids is 2. The van der Waals surface area contributed by atoms with E-state index in [1.807, 2.05) is 19.1 Å². The summed E-state index contributed by atoms with van der Waals surface area (Å²) in [4.78, 5) is 42.2. The topological polar surface area (TPSA) is 121 Å². The lowest BCUT2D eigenvalue weighted by Crippen LogP contribution is -2.27. The maximum Gasteiger partial charge on any atom is 0.356 e. The summed E-state index contributed by atoms with van der Waals surface area (Å²) < 4.78 is 0. The summed E-state index contributed by atoms with van der Waals surface area (Å²) in [7, 11) is 0. The number of carboxylic acids is 1. The quantitative estimate of drug-likeness (QED) is 0.729. The minimum absolute atomic E-state index is 0.0372. The highest BCUT2D eigenvalue weighted by atomic mass is 16.4. The Labute approximate surface area is 149 Å². The second-order valence-electron chi connectivity index (χ2n) is 6.17. The lowest BCUT2D eigenvalue weighted by atomic mass is 10.1. The number of nitrogens with zero attached hydrogens (tertiary/aromatic N) is 2. The molecule has 0 radical (unpaired) electrons. The van der Waals surface area contributed by atoms with Gasteiger partial charge in [-0.25, -0.2) is 14.8 Å². The number of amides is 2. The molecular weight excluding hydrogens is 336 g/mol. The molecule has 3 rings (SSSR count). The number of nitrogens with one attached hydrogen (secondary N) is 2. The normalized spacial score (nSPS) is 14.3. The van der Waals surface area contributed by atoms with Crippen molar-refractivity contribution in [1.82, 2.24) is 15.3 Å². The first kappa shape index (κ1) is 17.5. The SMILES string of the molecule is CC(NC(=O)c1cnc(C(=O)O)cn1)c1ccc(NC(=O)C2CC2)cc1. The van der Waals surface area contributed by atoms with Crippen molar-refractivity contribution in [2.75, 3.05) is 5.32 Å². The van der Waals surface area contributed by atoms with E-state index >= 15 is 0 Å². The number of aromatic nitrogens is 2. The van der Waals surface area contributed by atoms with Gasteiger partial charge >= 0.3 is 5.97 Å². The lowest BCUT2D eigenvalue weighted by molar-refractivity contribution is -0.117. The Bertz CT molecular complexity index is 829. The predicted octanol–water partition coefficient (Wildman–Crippen LogP) is 2.01. The van der Waals surface area contributed by atoms with Crippen LogP contribution in [-0.2, 0) is 4.79 Å². The molecule has 0 aliphatic heterocycles. The van der Waals surface area contributed by atoms with Gasteiger partial charge in [0.15, 0.2) is 5.69 Å². The van der Waals surface area contributed by atoms with E-state index in [4.69, 9.17) is 5.11 Å². The van der Waals surface area contributed by atoms with Gasteiger partial charge in [0.25, 0.3) is 5.91 Å². The van der Waals surface area contributed by atoms with Crippen molar-refractivity contribution in [3.05, 3.63) is 53.6 Å². The van der Waals surface area contributed by atoms with Crippen LogP contribution in [0.4, 0.5) is 5.69 Å². The zero-order valence-electron chi connectivity index (χ0n) is 14.1. The van der Waals surface area contributed by atoms with Gasteiger partial charge < -0.3 is 15.7 Å². The van der Waals surface area contributed by atoms with Gasteiger partial charge in [0.05, 0.1) is 18.4 Å². The number of hydrogen-bond donors (Lipinski definition) is 3. The molecule has 8 nitrogen and oxygen atoms in total. The minimum Gasteiger partial charge on any atom is -0.476 e. The van der Waals surface area contributed by atoms with E-state index in [0.29, 0.717) is 0 Å². The molecule has 1 aromatic carbocycles. The maximum absolute atomic E-state index is 12.2. The minimum atomic E-state index is -1.20. The fourth-order valence-corrected chi connectivity index (χ4v) is 2.35. The predicted molar refractivity (Wildman–Crippen MR) is 92.7 cm³/mol. The second-order valence-corrected chi connectivity index (χ2v) is 6.17. The van der Waals surface area contributed by atoms with Crippen molar-refractivity contribution >= 4 is 23.5 Å². The maximum atomic E-state index is 12.2. The Morgan fingerprint density at radius 1 is 1.08 bits per heavy atom. The molecule has 1 saturated carbocycles. The van der Waals surface area contributed by atoms with E-state index in [2.05, 4.69) is 20.6 Å². The van der Waals surface area contributed by atoms with Crippen molar-refractivity contribution in [1.29, 1.82) is 0 Å². The molecule has 0 bridgehead atoms. The third kappa shape index (κ3) is 4.21. The largest absolute Gasteiger partial charge is 0.476 e. The van der Waals surface area contributed by atoms with Crippen molar-refractivity contribution in [3.8, 4) is 0 Å². The molecule has 1 unspecified atom stereocenters. The van der Waals surface area contributed by atoms with Gasteiger partial charge in [-0.05, 0) is 37.5 Å². The number of anilines is 1. The van der Waals surface area contributed by atoms with Crippen LogP contribution >= 0.6 is 0 Å². The third-order valence-corrected chi connectivity index (χ3v) is 4.08. The van der Waals surface area contributed by atoms with Gasteiger partial charge in [0.2, 0.25) is 5.91 Å². The van der Waals surface area contributed by atoms with Crippen LogP contribution < -0.4 is 10.6 Å². The molecule has 1 atom stereocenters. The number of benzene rings is 1. The first-order valence-electron chi connectivity index (χ1n) is 8.21. The standard InChI is InChI=1S/C18H18N4O4/c1-10(21-17(24)14-8-20-15(9-19-14)18(25)26)11-4-6-13(7-5-11)22-16(23)12-2-3-12/h4-10,12H,2-3H2,1H3,(H,21,24)(H,22,23)(H,25,26). The monoisotopic (exact) mass is 354 g/mol. The summed E-state index contributed by atoms with van der Waals surface area (Å²) in [5.41, 5.74) is 1.39. The van der Waals surface area contributed by atoms with Gasteiger partial charge in [0, 0.05) is 11.6 Å². The van der Waals surface area contributed by atoms with Gasteiger partial charge in [-0.2, -0.15) is 0 Å². The molecule has 0 saturated heterocycles. The van der Waals surface area contributed by atoms with E-state index in [1.165, 1.54) is 0 Å². The van der Waals surface area contributed by atoms with E-state index in [-0.39, 0.29) is 29.3 Å². The van der Waals surface area contributed by atoms with Crippen LogP contribution in [0.5, 0.6) is 0 Å². The Morgan fingerprint density at radius 2 is 1.69 bits per heavy atom. The first-order chi connectivity index (χ1) is 12.4. The molecule has 0 spiro atoms. The van der Waals surface area contributed by atoms with Crippen molar-refractivity contribution in [2.24, 2.45) is 5.92 Å². The highest BCUT2D eigenvalue weighted by Gasteiger charge is 2.29. The smallest absolute Gasteiger partial charge is 0.356 e. The van der Waals surface area contributed by atoms with Crippen LogP contribution in [0.3, 0.4) is 0 Å². The molecular formula is C18H18N4O4. The van der Waals surface area contributed by atoms with Crippen molar-refractivity contribution in [3.63, 3.8) is 0 Å². The summed E-state index contributed by atoms with van der Waals surface area (Å²) in [6, 6.07) is 6.94. The average Bonchev–Trinajstić information content (AvgIpc) is 3.47. The van der Waals surface area contributed by atoms with Gasteiger partial charge in [-0.15, -0.1) is 0 Å². The van der Waals surface area contributed by atoms with E-state index < -0.39 is 11.9 Å². The number of carboxylic acid groups (broad SMARTS) is 1. The molecule has 1 heterocycles. The van der Waals surface area contributed by atoms with Crippen molar-refractivity contribution < 1.29 is 19.5 Å². The fourth-order valence-electron chi connectivity index (χ4n) is 2.35. The number of rotatable bonds is 6. The van der Waals surface area contributed by atoms with Gasteiger partial charge in [0.1, 0.15) is 5.69 Å². The van der Waals surface area contributed by atoms with E-state index in [9.17, 15) is 14.4 Å². The first-order valence-corrected chi connectivity index (χ1v) is 8.21. The average molecular weight is 354 g/mol. The zero-order valence-corrected chi connectivity index (χ0v) is 14.1. The Balaban J connectivity index is 1.59. The second kappa shape index (κ2) is 7.30. The summed E-state index contributed by atoms with van der Waals surface area (Å²) in [5.74, 6) is -1.47. The summed E-state index contributed by atoms with van der Waals surface area (Å²) in [6.07, 6.45) is 4.06. The Kier molecular flexibility index (Phi) is 4.92. The molecule has 2 aromatic rings.